The zero-order valence-electron chi connectivity index (χ0n) is 17.3. The molecule has 0 aromatic carbocycles. The van der Waals surface area contributed by atoms with Crippen LogP contribution in [0.15, 0.2) is 18.3 Å². The summed E-state index contributed by atoms with van der Waals surface area (Å²) in [4.78, 5) is 16.1. The molecular weight excluding hydrogens is 388 g/mol. The molecule has 7 heteroatoms. The number of aliphatic carboxylic acids is 1. The number of hydrogen-bond donors (Lipinski definition) is 3. The molecule has 2 fully saturated rings. The first-order chi connectivity index (χ1) is 13.9. The summed E-state index contributed by atoms with van der Waals surface area (Å²) >= 11 is 1.62. The summed E-state index contributed by atoms with van der Waals surface area (Å²) in [5.41, 5.74) is 4.56. The molecule has 2 aliphatic carbocycles. The molecule has 0 radical (unpaired) electrons. The van der Waals surface area contributed by atoms with E-state index in [1.807, 2.05) is 0 Å². The molecule has 0 spiro atoms. The van der Waals surface area contributed by atoms with Gasteiger partial charge in [0.05, 0.1) is 12.1 Å². The maximum absolute atomic E-state index is 11.9. The lowest BCUT2D eigenvalue weighted by Crippen LogP contribution is -2.57. The first-order valence-corrected chi connectivity index (χ1v) is 11.9. The van der Waals surface area contributed by atoms with Gasteiger partial charge < -0.3 is 20.7 Å². The number of thioether (sulfide) groups is 1. The van der Waals surface area contributed by atoms with Crippen LogP contribution in [-0.4, -0.2) is 50.4 Å². The smallest absolute Gasteiger partial charge is 0.337 e. The third-order valence-electron chi connectivity index (χ3n) is 6.15. The highest BCUT2D eigenvalue weighted by Gasteiger charge is 2.43. The summed E-state index contributed by atoms with van der Waals surface area (Å²) in [6.07, 6.45) is 9.78. The van der Waals surface area contributed by atoms with Crippen molar-refractivity contribution in [2.75, 3.05) is 11.5 Å². The molecule has 0 bridgehead atoms. The van der Waals surface area contributed by atoms with E-state index in [2.05, 4.69) is 11.9 Å². The van der Waals surface area contributed by atoms with Gasteiger partial charge in [0, 0.05) is 30.1 Å². The molecule has 0 saturated heterocycles. The highest BCUT2D eigenvalue weighted by Crippen LogP contribution is 2.34. The van der Waals surface area contributed by atoms with Crippen LogP contribution in [-0.2, 0) is 11.2 Å². The Bertz CT molecular complexity index is 677. The van der Waals surface area contributed by atoms with Crippen molar-refractivity contribution in [2.24, 2.45) is 17.6 Å². The standard InChI is InChI=1S/C22H34N2O4S/c1-15-2-6-18(7-3-15)28-19-8-10-24-17(12-19)13-22(27,21(25)26)20(23)14-29-11-9-16-4-5-16/h8,10,12,15-16,18,20,27H,2-7,9,11,13-14,23H2,1H3,(H,25,26)/t15?,18?,20-,22+/m0/s1. The molecule has 1 aromatic heterocycles. The van der Waals surface area contributed by atoms with Crippen LogP contribution in [0.2, 0.25) is 0 Å². The number of pyridine rings is 1. The second-order valence-electron chi connectivity index (χ2n) is 8.80. The number of aliphatic hydroxyl groups is 1. The van der Waals surface area contributed by atoms with Crippen molar-refractivity contribution in [1.29, 1.82) is 0 Å². The van der Waals surface area contributed by atoms with Gasteiger partial charge in [-0.25, -0.2) is 4.79 Å². The van der Waals surface area contributed by atoms with Crippen LogP contribution in [0.5, 0.6) is 5.75 Å². The Balaban J connectivity index is 1.57. The van der Waals surface area contributed by atoms with Gasteiger partial charge in [0.1, 0.15) is 5.75 Å². The Morgan fingerprint density at radius 2 is 2.07 bits per heavy atom. The maximum Gasteiger partial charge on any atom is 0.337 e. The molecule has 1 aromatic rings. The van der Waals surface area contributed by atoms with Crippen molar-refractivity contribution < 1.29 is 19.7 Å². The summed E-state index contributed by atoms with van der Waals surface area (Å²) in [5.74, 6) is 2.31. The topological polar surface area (TPSA) is 106 Å². The van der Waals surface area contributed by atoms with Gasteiger partial charge in [-0.05, 0) is 55.8 Å². The summed E-state index contributed by atoms with van der Waals surface area (Å²) in [6.45, 7) is 2.26. The van der Waals surface area contributed by atoms with Crippen molar-refractivity contribution in [3.05, 3.63) is 24.0 Å². The number of carboxylic acid groups (broad SMARTS) is 1. The number of rotatable bonds is 11. The average Bonchev–Trinajstić information content (AvgIpc) is 3.51. The minimum Gasteiger partial charge on any atom is -0.490 e. The van der Waals surface area contributed by atoms with Crippen molar-refractivity contribution >= 4 is 17.7 Å². The van der Waals surface area contributed by atoms with Gasteiger partial charge in [-0.3, -0.25) is 4.98 Å². The van der Waals surface area contributed by atoms with E-state index in [1.54, 1.807) is 30.1 Å². The fourth-order valence-electron chi connectivity index (χ4n) is 3.81. The van der Waals surface area contributed by atoms with Crippen molar-refractivity contribution in [2.45, 2.75) is 76.0 Å². The van der Waals surface area contributed by atoms with Crippen LogP contribution in [0.4, 0.5) is 0 Å². The number of nitrogens with zero attached hydrogens (tertiary/aromatic N) is 1. The van der Waals surface area contributed by atoms with E-state index in [4.69, 9.17) is 10.5 Å². The van der Waals surface area contributed by atoms with E-state index in [0.29, 0.717) is 17.2 Å². The van der Waals surface area contributed by atoms with Gasteiger partial charge in [-0.2, -0.15) is 11.8 Å². The maximum atomic E-state index is 11.9. The number of aromatic nitrogens is 1. The second kappa shape index (κ2) is 10.1. The monoisotopic (exact) mass is 422 g/mol. The molecule has 29 heavy (non-hydrogen) atoms. The van der Waals surface area contributed by atoms with Crippen LogP contribution in [0, 0.1) is 11.8 Å². The van der Waals surface area contributed by atoms with E-state index < -0.39 is 17.6 Å². The van der Waals surface area contributed by atoms with Gasteiger partial charge in [0.2, 0.25) is 0 Å². The van der Waals surface area contributed by atoms with E-state index in [1.165, 1.54) is 12.8 Å². The SMILES string of the molecule is CC1CCC(Oc2ccnc(C[C@](O)(C(=O)O)[C@@H](N)CSCCC3CC3)c2)CC1. The molecule has 4 N–H and O–H groups in total. The summed E-state index contributed by atoms with van der Waals surface area (Å²) < 4.78 is 6.08. The van der Waals surface area contributed by atoms with E-state index >= 15 is 0 Å². The largest absolute Gasteiger partial charge is 0.490 e. The molecule has 2 aliphatic rings. The number of carboxylic acids is 1. The molecule has 0 amide bonds. The summed E-state index contributed by atoms with van der Waals surface area (Å²) in [6, 6.07) is 2.66. The molecule has 2 atom stereocenters. The van der Waals surface area contributed by atoms with Gasteiger partial charge in [0.15, 0.2) is 5.60 Å². The van der Waals surface area contributed by atoms with Crippen LogP contribution >= 0.6 is 11.8 Å². The van der Waals surface area contributed by atoms with Crippen LogP contribution < -0.4 is 10.5 Å². The predicted molar refractivity (Wildman–Crippen MR) is 115 cm³/mol. The fraction of sp³-hybridized carbons (Fsp3) is 0.727. The number of hydrogen-bond acceptors (Lipinski definition) is 6. The van der Waals surface area contributed by atoms with Crippen molar-refractivity contribution in [1.82, 2.24) is 4.98 Å². The van der Waals surface area contributed by atoms with Crippen LogP contribution in [0.3, 0.4) is 0 Å². The van der Waals surface area contributed by atoms with Crippen LogP contribution in [0.1, 0.15) is 57.6 Å². The molecule has 1 heterocycles. The Hall–Kier alpha value is -1.31. The summed E-state index contributed by atoms with van der Waals surface area (Å²) in [5, 5.41) is 20.5. The lowest BCUT2D eigenvalue weighted by atomic mass is 9.89. The Morgan fingerprint density at radius 1 is 1.34 bits per heavy atom. The molecular formula is C22H34N2O4S. The fourth-order valence-corrected chi connectivity index (χ4v) is 5.01. The van der Waals surface area contributed by atoms with Crippen LogP contribution in [0.25, 0.3) is 0 Å². The molecule has 162 valence electrons. The lowest BCUT2D eigenvalue weighted by Gasteiger charge is -2.30. The van der Waals surface area contributed by atoms with Gasteiger partial charge in [0.25, 0.3) is 0 Å². The average molecular weight is 423 g/mol. The molecule has 6 nitrogen and oxygen atoms in total. The van der Waals surface area contributed by atoms with Gasteiger partial charge >= 0.3 is 5.97 Å². The Labute approximate surface area is 177 Å². The molecule has 0 unspecified atom stereocenters. The number of carbonyl (C=O) groups is 1. The summed E-state index contributed by atoms with van der Waals surface area (Å²) in [7, 11) is 0. The van der Waals surface area contributed by atoms with Gasteiger partial charge in [-0.15, -0.1) is 0 Å². The zero-order valence-corrected chi connectivity index (χ0v) is 18.1. The van der Waals surface area contributed by atoms with Crippen molar-refractivity contribution in [3.8, 4) is 5.75 Å². The molecule has 3 rings (SSSR count). The first kappa shape index (κ1) is 22.4. The molecule has 2 saturated carbocycles. The highest BCUT2D eigenvalue weighted by molar-refractivity contribution is 7.99. The first-order valence-electron chi connectivity index (χ1n) is 10.8. The van der Waals surface area contributed by atoms with E-state index in [0.717, 1.165) is 49.7 Å². The Kier molecular flexibility index (Phi) is 7.82. The predicted octanol–water partition coefficient (Wildman–Crippen LogP) is 3.26. The third kappa shape index (κ3) is 6.59. The van der Waals surface area contributed by atoms with Crippen molar-refractivity contribution in [3.63, 3.8) is 0 Å². The minimum absolute atomic E-state index is 0.133. The number of ether oxygens (including phenoxy) is 1. The van der Waals surface area contributed by atoms with E-state index in [-0.39, 0.29) is 12.5 Å². The highest BCUT2D eigenvalue weighted by atomic mass is 32.2. The lowest BCUT2D eigenvalue weighted by molar-refractivity contribution is -0.160. The molecule has 0 aliphatic heterocycles. The zero-order chi connectivity index (χ0) is 20.9. The Morgan fingerprint density at radius 3 is 2.72 bits per heavy atom. The second-order valence-corrected chi connectivity index (χ2v) is 9.95. The normalized spacial score (nSPS) is 25.2. The number of nitrogens with two attached hydrogens (primary N) is 1. The quantitative estimate of drug-likeness (QED) is 0.470. The third-order valence-corrected chi connectivity index (χ3v) is 7.27. The minimum atomic E-state index is -2.04. The van der Waals surface area contributed by atoms with Gasteiger partial charge in [-0.1, -0.05) is 19.8 Å². The van der Waals surface area contributed by atoms with E-state index in [9.17, 15) is 15.0 Å².